The van der Waals surface area contributed by atoms with Crippen LogP contribution in [0.1, 0.15) is 13.8 Å². The lowest BCUT2D eigenvalue weighted by molar-refractivity contribution is -0.322. The standard InChI is InChI=1S/C6H12O4/c1-3-5(7)10-4(2)6(8)9-3/h3-8H,1-2H3/t3-,4+,5+,6-. The SMILES string of the molecule is C[C@@H]1O[C@H](O)[C@@H](C)O[C@H]1O. The quantitative estimate of drug-likeness (QED) is 0.483. The molecule has 1 fully saturated rings. The van der Waals surface area contributed by atoms with Gasteiger partial charge in [-0.05, 0) is 13.8 Å². The molecule has 0 radical (unpaired) electrons. The van der Waals surface area contributed by atoms with E-state index in [2.05, 4.69) is 0 Å². The van der Waals surface area contributed by atoms with Gasteiger partial charge in [0.15, 0.2) is 12.6 Å². The van der Waals surface area contributed by atoms with Crippen LogP contribution < -0.4 is 0 Å². The highest BCUT2D eigenvalue weighted by molar-refractivity contribution is 4.66. The fourth-order valence-corrected chi connectivity index (χ4v) is 0.796. The Labute approximate surface area is 59.4 Å². The van der Waals surface area contributed by atoms with E-state index in [1.54, 1.807) is 13.8 Å². The van der Waals surface area contributed by atoms with Crippen LogP contribution in [0.5, 0.6) is 0 Å². The Morgan fingerprint density at radius 2 is 1.20 bits per heavy atom. The number of rotatable bonds is 0. The summed E-state index contributed by atoms with van der Waals surface area (Å²) in [6, 6.07) is 0. The van der Waals surface area contributed by atoms with E-state index in [9.17, 15) is 0 Å². The van der Waals surface area contributed by atoms with Gasteiger partial charge in [-0.2, -0.15) is 0 Å². The lowest BCUT2D eigenvalue weighted by Crippen LogP contribution is -2.46. The molecule has 60 valence electrons. The Hall–Kier alpha value is -0.160. The minimum atomic E-state index is -0.918. The molecule has 10 heavy (non-hydrogen) atoms. The first-order valence-corrected chi connectivity index (χ1v) is 3.28. The van der Waals surface area contributed by atoms with Crippen molar-refractivity contribution < 1.29 is 19.7 Å². The minimum absolute atomic E-state index is 0.453. The Kier molecular flexibility index (Phi) is 2.25. The van der Waals surface area contributed by atoms with Gasteiger partial charge in [0.05, 0.1) is 0 Å². The molecular weight excluding hydrogens is 136 g/mol. The molecule has 0 aliphatic carbocycles. The Morgan fingerprint density at radius 1 is 0.900 bits per heavy atom. The average Bonchev–Trinajstić information content (AvgIpc) is 1.84. The summed E-state index contributed by atoms with van der Waals surface area (Å²) in [7, 11) is 0. The summed E-state index contributed by atoms with van der Waals surface area (Å²) in [5, 5.41) is 18.0. The van der Waals surface area contributed by atoms with Gasteiger partial charge in [0.2, 0.25) is 0 Å². The maximum atomic E-state index is 9.01. The largest absolute Gasteiger partial charge is 0.366 e. The molecule has 0 spiro atoms. The average molecular weight is 148 g/mol. The van der Waals surface area contributed by atoms with Crippen molar-refractivity contribution in [3.63, 3.8) is 0 Å². The van der Waals surface area contributed by atoms with Crippen LogP contribution in [-0.4, -0.2) is 35.0 Å². The van der Waals surface area contributed by atoms with Gasteiger partial charge >= 0.3 is 0 Å². The number of hydrogen-bond donors (Lipinski definition) is 2. The van der Waals surface area contributed by atoms with Gasteiger partial charge in [0.1, 0.15) is 12.2 Å². The molecule has 0 aromatic carbocycles. The van der Waals surface area contributed by atoms with E-state index < -0.39 is 24.8 Å². The summed E-state index contributed by atoms with van der Waals surface area (Å²) in [6.45, 7) is 3.28. The zero-order valence-electron chi connectivity index (χ0n) is 6.02. The van der Waals surface area contributed by atoms with Crippen molar-refractivity contribution in [3.05, 3.63) is 0 Å². The molecule has 1 rings (SSSR count). The topological polar surface area (TPSA) is 58.9 Å². The predicted molar refractivity (Wildman–Crippen MR) is 33.1 cm³/mol. The molecule has 0 aromatic rings. The second kappa shape index (κ2) is 2.84. The molecule has 4 atom stereocenters. The number of aliphatic hydroxyl groups excluding tert-OH is 2. The molecule has 0 unspecified atom stereocenters. The fraction of sp³-hybridized carbons (Fsp3) is 1.00. The van der Waals surface area contributed by atoms with Gasteiger partial charge in [-0.3, -0.25) is 0 Å². The van der Waals surface area contributed by atoms with Gasteiger partial charge in [-0.15, -0.1) is 0 Å². The first-order valence-electron chi connectivity index (χ1n) is 3.28. The highest BCUT2D eigenvalue weighted by atomic mass is 16.7. The summed E-state index contributed by atoms with van der Waals surface area (Å²) in [5.41, 5.74) is 0. The van der Waals surface area contributed by atoms with Gasteiger partial charge in [0, 0.05) is 0 Å². The van der Waals surface area contributed by atoms with Crippen molar-refractivity contribution in [3.8, 4) is 0 Å². The molecule has 2 N–H and O–H groups in total. The van der Waals surface area contributed by atoms with Gasteiger partial charge in [-0.25, -0.2) is 0 Å². The van der Waals surface area contributed by atoms with Crippen LogP contribution in [0, 0.1) is 0 Å². The second-order valence-electron chi connectivity index (χ2n) is 2.46. The van der Waals surface area contributed by atoms with Crippen molar-refractivity contribution >= 4 is 0 Å². The number of ether oxygens (including phenoxy) is 2. The molecule has 4 heteroatoms. The molecule has 1 aliphatic heterocycles. The van der Waals surface area contributed by atoms with E-state index in [1.165, 1.54) is 0 Å². The molecule has 1 aliphatic rings. The Balaban J connectivity index is 2.46. The second-order valence-corrected chi connectivity index (χ2v) is 2.46. The zero-order chi connectivity index (χ0) is 7.72. The highest BCUT2D eigenvalue weighted by Crippen LogP contribution is 2.16. The molecule has 4 nitrogen and oxygen atoms in total. The lowest BCUT2D eigenvalue weighted by atomic mass is 10.3. The van der Waals surface area contributed by atoms with Crippen LogP contribution in [-0.2, 0) is 9.47 Å². The van der Waals surface area contributed by atoms with E-state index in [1.807, 2.05) is 0 Å². The highest BCUT2D eigenvalue weighted by Gasteiger charge is 2.31. The third-order valence-corrected chi connectivity index (χ3v) is 1.51. The smallest absolute Gasteiger partial charge is 0.181 e. The van der Waals surface area contributed by atoms with Crippen LogP contribution >= 0.6 is 0 Å². The first kappa shape index (κ1) is 7.94. The van der Waals surface area contributed by atoms with Crippen molar-refractivity contribution in [2.75, 3.05) is 0 Å². The predicted octanol–water partition coefficient (Wildman–Crippen LogP) is -0.553. The van der Waals surface area contributed by atoms with E-state index in [0.29, 0.717) is 0 Å². The first-order chi connectivity index (χ1) is 4.61. The Morgan fingerprint density at radius 3 is 1.50 bits per heavy atom. The summed E-state index contributed by atoms with van der Waals surface area (Å²) in [4.78, 5) is 0. The normalized spacial score (nSPS) is 49.2. The lowest BCUT2D eigenvalue weighted by Gasteiger charge is -2.33. The third kappa shape index (κ3) is 1.46. The fourth-order valence-electron chi connectivity index (χ4n) is 0.796. The molecule has 1 heterocycles. The van der Waals surface area contributed by atoms with Crippen molar-refractivity contribution in [2.24, 2.45) is 0 Å². The van der Waals surface area contributed by atoms with E-state index in [0.717, 1.165) is 0 Å². The van der Waals surface area contributed by atoms with Crippen molar-refractivity contribution in [2.45, 2.75) is 38.6 Å². The molecule has 0 bridgehead atoms. The van der Waals surface area contributed by atoms with Crippen molar-refractivity contribution in [1.29, 1.82) is 0 Å². The van der Waals surface area contributed by atoms with Gasteiger partial charge < -0.3 is 19.7 Å². The van der Waals surface area contributed by atoms with E-state index >= 15 is 0 Å². The van der Waals surface area contributed by atoms with E-state index in [4.69, 9.17) is 19.7 Å². The van der Waals surface area contributed by atoms with Crippen LogP contribution in [0.3, 0.4) is 0 Å². The molecular formula is C6H12O4. The maximum absolute atomic E-state index is 9.01. The van der Waals surface area contributed by atoms with E-state index in [-0.39, 0.29) is 0 Å². The summed E-state index contributed by atoms with van der Waals surface area (Å²) in [5.74, 6) is 0. The summed E-state index contributed by atoms with van der Waals surface area (Å²) >= 11 is 0. The van der Waals surface area contributed by atoms with Crippen LogP contribution in [0.15, 0.2) is 0 Å². The van der Waals surface area contributed by atoms with Gasteiger partial charge in [0.25, 0.3) is 0 Å². The third-order valence-electron chi connectivity index (χ3n) is 1.51. The molecule has 0 aromatic heterocycles. The Bertz CT molecular complexity index is 90.3. The van der Waals surface area contributed by atoms with Crippen molar-refractivity contribution in [1.82, 2.24) is 0 Å². The molecule has 1 saturated heterocycles. The summed E-state index contributed by atoms with van der Waals surface area (Å²) in [6.07, 6.45) is -2.74. The number of hydrogen-bond acceptors (Lipinski definition) is 4. The van der Waals surface area contributed by atoms with Crippen LogP contribution in [0.4, 0.5) is 0 Å². The van der Waals surface area contributed by atoms with Crippen LogP contribution in [0.2, 0.25) is 0 Å². The molecule has 0 saturated carbocycles. The maximum Gasteiger partial charge on any atom is 0.181 e. The minimum Gasteiger partial charge on any atom is -0.366 e. The summed E-state index contributed by atoms with van der Waals surface area (Å²) < 4.78 is 9.78. The zero-order valence-corrected chi connectivity index (χ0v) is 6.02. The van der Waals surface area contributed by atoms with Crippen LogP contribution in [0.25, 0.3) is 0 Å². The van der Waals surface area contributed by atoms with Gasteiger partial charge in [-0.1, -0.05) is 0 Å². The number of aliphatic hydroxyl groups is 2. The molecule has 0 amide bonds. The monoisotopic (exact) mass is 148 g/mol.